The minimum absolute atomic E-state index is 0.0453. The van der Waals surface area contributed by atoms with Crippen LogP contribution in [0.4, 0.5) is 0 Å². The predicted octanol–water partition coefficient (Wildman–Crippen LogP) is 15.1. The van der Waals surface area contributed by atoms with Crippen LogP contribution in [0.2, 0.25) is 0 Å². The number of carbonyl (C=O) groups excluding carboxylic acids is 2. The van der Waals surface area contributed by atoms with Crippen LogP contribution in [0.1, 0.15) is 232 Å². The molecular formula is C51H94NO8P. The van der Waals surface area contributed by atoms with Gasteiger partial charge in [-0.15, -0.1) is 0 Å². The minimum Gasteiger partial charge on any atom is -0.462 e. The van der Waals surface area contributed by atoms with Crippen LogP contribution in [-0.4, -0.2) is 49.3 Å². The van der Waals surface area contributed by atoms with Crippen LogP contribution >= 0.6 is 7.82 Å². The third-order valence-corrected chi connectivity index (χ3v) is 11.7. The first-order valence-electron chi connectivity index (χ1n) is 25.1. The molecule has 3 N–H and O–H groups in total. The summed E-state index contributed by atoms with van der Waals surface area (Å²) >= 11 is 0. The number of hydrogen-bond acceptors (Lipinski definition) is 8. The molecule has 0 aromatic carbocycles. The second kappa shape index (κ2) is 47.4. The van der Waals surface area contributed by atoms with Crippen molar-refractivity contribution in [3.63, 3.8) is 0 Å². The highest BCUT2D eigenvalue weighted by Gasteiger charge is 2.26. The average Bonchev–Trinajstić information content (AvgIpc) is 3.25. The molecule has 0 heterocycles. The van der Waals surface area contributed by atoms with E-state index in [0.29, 0.717) is 12.8 Å². The van der Waals surface area contributed by atoms with Crippen molar-refractivity contribution in [2.75, 3.05) is 26.4 Å². The van der Waals surface area contributed by atoms with Gasteiger partial charge in [0.05, 0.1) is 13.2 Å². The topological polar surface area (TPSA) is 134 Å². The van der Waals surface area contributed by atoms with Crippen LogP contribution in [0.5, 0.6) is 0 Å². The van der Waals surface area contributed by atoms with Gasteiger partial charge in [-0.05, 0) is 70.6 Å². The van der Waals surface area contributed by atoms with Gasteiger partial charge in [-0.2, -0.15) is 0 Å². The molecule has 10 heteroatoms. The summed E-state index contributed by atoms with van der Waals surface area (Å²) in [6.07, 6.45) is 55.9. The molecule has 0 spiro atoms. The lowest BCUT2D eigenvalue weighted by atomic mass is 10.0. The second-order valence-electron chi connectivity index (χ2n) is 16.7. The van der Waals surface area contributed by atoms with Gasteiger partial charge in [0.25, 0.3) is 0 Å². The number of ether oxygens (including phenoxy) is 2. The molecule has 0 fully saturated rings. The first-order valence-corrected chi connectivity index (χ1v) is 26.6. The number of esters is 2. The van der Waals surface area contributed by atoms with Crippen molar-refractivity contribution in [3.8, 4) is 0 Å². The highest BCUT2D eigenvalue weighted by molar-refractivity contribution is 7.47. The van der Waals surface area contributed by atoms with Crippen LogP contribution in [0.25, 0.3) is 0 Å². The third kappa shape index (κ3) is 47.3. The summed E-state index contributed by atoms with van der Waals surface area (Å²) in [5.74, 6) is -0.886. The molecular weight excluding hydrogens is 786 g/mol. The van der Waals surface area contributed by atoms with Crippen LogP contribution in [0, 0.1) is 0 Å². The summed E-state index contributed by atoms with van der Waals surface area (Å²) < 4.78 is 32.8. The summed E-state index contributed by atoms with van der Waals surface area (Å²) in [4.78, 5) is 35.0. The molecule has 0 aromatic rings. The summed E-state index contributed by atoms with van der Waals surface area (Å²) in [5.41, 5.74) is 5.36. The van der Waals surface area contributed by atoms with Crippen molar-refractivity contribution in [1.29, 1.82) is 0 Å². The van der Waals surface area contributed by atoms with Crippen molar-refractivity contribution in [3.05, 3.63) is 48.6 Å². The van der Waals surface area contributed by atoms with Crippen LogP contribution in [0.3, 0.4) is 0 Å². The molecule has 0 aliphatic rings. The minimum atomic E-state index is -4.39. The van der Waals surface area contributed by atoms with Gasteiger partial charge in [0, 0.05) is 19.4 Å². The molecule has 0 rings (SSSR count). The zero-order chi connectivity index (χ0) is 44.6. The molecule has 61 heavy (non-hydrogen) atoms. The molecule has 0 saturated carbocycles. The molecule has 356 valence electrons. The van der Waals surface area contributed by atoms with E-state index >= 15 is 0 Å². The van der Waals surface area contributed by atoms with Gasteiger partial charge in [-0.25, -0.2) is 4.57 Å². The van der Waals surface area contributed by atoms with Crippen LogP contribution in [-0.2, 0) is 32.7 Å². The lowest BCUT2D eigenvalue weighted by Gasteiger charge is -2.19. The van der Waals surface area contributed by atoms with Crippen molar-refractivity contribution in [1.82, 2.24) is 0 Å². The third-order valence-electron chi connectivity index (χ3n) is 10.7. The maximum atomic E-state index is 12.6. The summed E-state index contributed by atoms with van der Waals surface area (Å²) in [7, 11) is -4.39. The molecule has 0 radical (unpaired) electrons. The standard InChI is InChI=1S/C51H94NO8P/c1-3-5-7-9-11-13-15-17-19-21-22-23-24-25-26-28-29-31-33-35-37-39-41-43-50(53)57-47-49(48-59-61(55,56)58-46-45-52)60-51(54)44-42-40-38-36-34-32-30-27-20-18-16-14-12-10-8-6-4-2/h12,14,18,20,30,32,35,37,49H,3-11,13,15-17,19,21-29,31,33-34,36,38-48,52H2,1-2H3,(H,55,56)/b14-12+,20-18+,32-30+,37-35+/t49-/m0/s1. The zero-order valence-corrected chi connectivity index (χ0v) is 40.3. The van der Waals surface area contributed by atoms with Crippen LogP contribution in [0.15, 0.2) is 48.6 Å². The van der Waals surface area contributed by atoms with Crippen molar-refractivity contribution < 1.29 is 37.6 Å². The molecule has 0 aliphatic carbocycles. The molecule has 0 aliphatic heterocycles. The molecule has 0 aromatic heterocycles. The number of nitrogens with two attached hydrogens (primary N) is 1. The van der Waals surface area contributed by atoms with E-state index in [1.165, 1.54) is 141 Å². The Morgan fingerprint density at radius 1 is 0.492 bits per heavy atom. The van der Waals surface area contributed by atoms with Gasteiger partial charge in [-0.3, -0.25) is 18.6 Å². The second-order valence-corrected chi connectivity index (χ2v) is 18.1. The Labute approximate surface area is 375 Å². The lowest BCUT2D eigenvalue weighted by molar-refractivity contribution is -0.161. The quantitative estimate of drug-likeness (QED) is 0.0265. The molecule has 2 atom stereocenters. The summed E-state index contributed by atoms with van der Waals surface area (Å²) in [5, 5.41) is 0. The lowest BCUT2D eigenvalue weighted by Crippen LogP contribution is -2.29. The number of phosphoric ester groups is 1. The Balaban J connectivity index is 4.09. The molecule has 1 unspecified atom stereocenters. The number of rotatable bonds is 47. The average molecular weight is 880 g/mol. The van der Waals surface area contributed by atoms with Crippen molar-refractivity contribution in [2.45, 2.75) is 238 Å². The largest absolute Gasteiger partial charge is 0.472 e. The van der Waals surface area contributed by atoms with E-state index in [1.807, 2.05) is 0 Å². The predicted molar refractivity (Wildman–Crippen MR) is 257 cm³/mol. The first-order chi connectivity index (χ1) is 29.8. The Hall–Kier alpha value is -2.03. The fourth-order valence-electron chi connectivity index (χ4n) is 6.94. The maximum absolute atomic E-state index is 12.6. The van der Waals surface area contributed by atoms with Gasteiger partial charge in [-0.1, -0.05) is 197 Å². The normalized spacial score (nSPS) is 13.6. The van der Waals surface area contributed by atoms with E-state index in [-0.39, 0.29) is 32.6 Å². The van der Waals surface area contributed by atoms with Gasteiger partial charge < -0.3 is 20.1 Å². The summed E-state index contributed by atoms with van der Waals surface area (Å²) in [6.45, 7) is 3.67. The van der Waals surface area contributed by atoms with Gasteiger partial charge in [0.1, 0.15) is 6.61 Å². The number of unbranched alkanes of at least 4 members (excludes halogenated alkanes) is 26. The van der Waals surface area contributed by atoms with E-state index in [1.54, 1.807) is 0 Å². The molecule has 0 amide bonds. The van der Waals surface area contributed by atoms with E-state index in [0.717, 1.165) is 51.4 Å². The Morgan fingerprint density at radius 2 is 0.869 bits per heavy atom. The zero-order valence-electron chi connectivity index (χ0n) is 39.4. The molecule has 0 bridgehead atoms. The summed E-state index contributed by atoms with van der Waals surface area (Å²) in [6, 6.07) is 0. The van der Waals surface area contributed by atoms with E-state index in [4.69, 9.17) is 24.3 Å². The maximum Gasteiger partial charge on any atom is 0.472 e. The fourth-order valence-corrected chi connectivity index (χ4v) is 7.71. The fraction of sp³-hybridized carbons (Fsp3) is 0.804. The Morgan fingerprint density at radius 3 is 1.36 bits per heavy atom. The number of phosphoric acid groups is 1. The van der Waals surface area contributed by atoms with Crippen molar-refractivity contribution in [2.24, 2.45) is 5.73 Å². The van der Waals surface area contributed by atoms with Gasteiger partial charge >= 0.3 is 19.8 Å². The number of carbonyl (C=O) groups is 2. The van der Waals surface area contributed by atoms with E-state index in [2.05, 4.69) is 62.5 Å². The molecule has 0 saturated heterocycles. The highest BCUT2D eigenvalue weighted by atomic mass is 31.2. The SMILES string of the molecule is CCCCC/C=C/C/C=C/C/C=C/CCCCCCC(=O)O[C@@H](COC(=O)CCC/C=C/CCCCCCCCCCCCCCCCCCCC)COP(=O)(O)OCCN. The van der Waals surface area contributed by atoms with Gasteiger partial charge in [0.2, 0.25) is 0 Å². The van der Waals surface area contributed by atoms with E-state index < -0.39 is 32.5 Å². The van der Waals surface area contributed by atoms with E-state index in [9.17, 15) is 19.0 Å². The number of allylic oxidation sites excluding steroid dienone is 8. The smallest absolute Gasteiger partial charge is 0.462 e. The molecule has 9 nitrogen and oxygen atoms in total. The Kier molecular flexibility index (Phi) is 45.9. The van der Waals surface area contributed by atoms with Crippen molar-refractivity contribution >= 4 is 19.8 Å². The highest BCUT2D eigenvalue weighted by Crippen LogP contribution is 2.43. The first kappa shape index (κ1) is 59.0. The number of hydrogen-bond donors (Lipinski definition) is 2. The monoisotopic (exact) mass is 880 g/mol. The Bertz CT molecular complexity index is 1140. The van der Waals surface area contributed by atoms with Gasteiger partial charge in [0.15, 0.2) is 6.10 Å². The van der Waals surface area contributed by atoms with Crippen LogP contribution < -0.4 is 5.73 Å².